The summed E-state index contributed by atoms with van der Waals surface area (Å²) >= 11 is 2.06. The molecule has 2 aliphatic heterocycles. The first-order valence-corrected chi connectivity index (χ1v) is 25.7. The molecule has 0 unspecified atom stereocenters. The quantitative estimate of drug-likeness (QED) is 0.159. The zero-order valence-electron chi connectivity index (χ0n) is 40.2. The fourth-order valence-corrected chi connectivity index (χ4v) is 14.3. The standard InChI is InChI=1S/C66H51BN2S/c1-41(2)43-32-35-48(42-20-9-6-10-21-42)52(38-43)44-33-37-56-59(39-44)68(46-22-11-7-12-23-46)57-30-19-31-58-61(57)67(56)64-62(69(58)47-24-13-8-14-25-47)60-51-36-34-45(65(3,4)5)40-55(51)66(63(60)70-64)53-28-17-15-26-49(53)50-27-16-18-29-54(50)66/h6-41H,1-5H3. The van der Waals surface area contributed by atoms with Gasteiger partial charge in [0.15, 0.2) is 0 Å². The normalized spacial score (nSPS) is 14.2. The molecule has 70 heavy (non-hydrogen) atoms. The molecule has 0 N–H and O–H groups in total. The molecule has 3 heterocycles. The molecule has 0 saturated carbocycles. The van der Waals surface area contributed by atoms with Gasteiger partial charge in [0.2, 0.25) is 0 Å². The minimum absolute atomic E-state index is 0.0161. The van der Waals surface area contributed by atoms with E-state index in [0.717, 1.165) is 5.69 Å². The highest BCUT2D eigenvalue weighted by molar-refractivity contribution is 7.30. The van der Waals surface area contributed by atoms with Crippen molar-refractivity contribution in [3.05, 3.63) is 245 Å². The molecule has 0 amide bonds. The predicted octanol–water partition coefficient (Wildman–Crippen LogP) is 15.9. The summed E-state index contributed by atoms with van der Waals surface area (Å²) in [7, 11) is 0. The van der Waals surface area contributed by atoms with Crippen LogP contribution in [-0.4, -0.2) is 6.71 Å². The lowest BCUT2D eigenvalue weighted by Crippen LogP contribution is -2.60. The Balaban J connectivity index is 1.10. The Bertz CT molecular complexity index is 3700. The Hall–Kier alpha value is -7.66. The van der Waals surface area contributed by atoms with E-state index in [2.05, 4.69) is 268 Å². The summed E-state index contributed by atoms with van der Waals surface area (Å²) < 4.78 is 1.40. The van der Waals surface area contributed by atoms with Crippen LogP contribution in [0.4, 0.5) is 34.1 Å². The molecule has 9 aromatic carbocycles. The van der Waals surface area contributed by atoms with Crippen molar-refractivity contribution in [2.24, 2.45) is 0 Å². The largest absolute Gasteiger partial charge is 0.311 e. The zero-order valence-corrected chi connectivity index (χ0v) is 41.0. The minimum atomic E-state index is -0.481. The summed E-state index contributed by atoms with van der Waals surface area (Å²) in [5.74, 6) is 0.397. The SMILES string of the molecule is CC(C)c1ccc(-c2ccccc2)c(-c2ccc3c(c2)N(c2ccccc2)c2cccc4c2B3c2sc3c(c2N4c2ccccc2)-c2ccc(C(C)(C)C)cc2C32c3ccccc3-c3ccccc32)c1. The summed E-state index contributed by atoms with van der Waals surface area (Å²) in [5, 5.41) is 0. The van der Waals surface area contributed by atoms with E-state index >= 15 is 0 Å². The van der Waals surface area contributed by atoms with Crippen LogP contribution in [-0.2, 0) is 10.8 Å². The van der Waals surface area contributed by atoms with E-state index in [1.54, 1.807) is 0 Å². The lowest BCUT2D eigenvalue weighted by Gasteiger charge is -2.43. The van der Waals surface area contributed by atoms with Gasteiger partial charge in [-0.25, -0.2) is 0 Å². The van der Waals surface area contributed by atoms with Gasteiger partial charge in [-0.3, -0.25) is 0 Å². The highest BCUT2D eigenvalue weighted by Crippen LogP contribution is 2.67. The molecular weight excluding hydrogens is 864 g/mol. The van der Waals surface area contributed by atoms with Crippen LogP contribution >= 0.6 is 11.3 Å². The number of fused-ring (bicyclic) bond motifs is 15. The van der Waals surface area contributed by atoms with Crippen LogP contribution in [0.5, 0.6) is 0 Å². The van der Waals surface area contributed by atoms with E-state index < -0.39 is 5.41 Å². The maximum absolute atomic E-state index is 2.62. The van der Waals surface area contributed by atoms with Crippen molar-refractivity contribution in [3.8, 4) is 44.5 Å². The smallest absolute Gasteiger partial charge is 0.264 e. The summed E-state index contributed by atoms with van der Waals surface area (Å²) in [6.45, 7) is 11.6. The van der Waals surface area contributed by atoms with E-state index in [0.29, 0.717) is 5.92 Å². The van der Waals surface area contributed by atoms with Crippen LogP contribution in [0.2, 0.25) is 0 Å². The van der Waals surface area contributed by atoms with E-state index in [1.165, 1.54) is 121 Å². The highest BCUT2D eigenvalue weighted by Gasteiger charge is 2.57. The van der Waals surface area contributed by atoms with Gasteiger partial charge in [-0.15, -0.1) is 11.3 Å². The molecule has 14 rings (SSSR count). The Morgan fingerprint density at radius 1 is 0.471 bits per heavy atom. The van der Waals surface area contributed by atoms with E-state index in [9.17, 15) is 0 Å². The maximum atomic E-state index is 2.62. The van der Waals surface area contributed by atoms with Crippen LogP contribution in [0.3, 0.4) is 0 Å². The minimum Gasteiger partial charge on any atom is -0.311 e. The first kappa shape index (κ1) is 41.3. The molecule has 334 valence electrons. The molecule has 4 aliphatic rings. The number of rotatable bonds is 5. The fraction of sp³-hybridized carbons (Fsp3) is 0.121. The second-order valence-electron chi connectivity index (χ2n) is 21.0. The van der Waals surface area contributed by atoms with Crippen molar-refractivity contribution in [1.82, 2.24) is 0 Å². The van der Waals surface area contributed by atoms with Gasteiger partial charge in [-0.1, -0.05) is 204 Å². The number of hydrogen-bond donors (Lipinski definition) is 0. The first-order valence-electron chi connectivity index (χ1n) is 24.9. The topological polar surface area (TPSA) is 6.48 Å². The number of thiophene rings is 1. The van der Waals surface area contributed by atoms with Crippen LogP contribution in [0.25, 0.3) is 44.5 Å². The van der Waals surface area contributed by atoms with E-state index in [4.69, 9.17) is 0 Å². The van der Waals surface area contributed by atoms with E-state index in [1.807, 2.05) is 0 Å². The molecule has 1 aromatic heterocycles. The van der Waals surface area contributed by atoms with Crippen LogP contribution in [0.1, 0.15) is 73.2 Å². The van der Waals surface area contributed by atoms with Gasteiger partial charge in [0, 0.05) is 43.7 Å². The van der Waals surface area contributed by atoms with Gasteiger partial charge in [-0.2, -0.15) is 0 Å². The van der Waals surface area contributed by atoms with Gasteiger partial charge in [0.1, 0.15) is 0 Å². The van der Waals surface area contributed by atoms with Crippen molar-refractivity contribution in [2.75, 3.05) is 9.80 Å². The molecule has 0 bridgehead atoms. The van der Waals surface area contributed by atoms with Gasteiger partial charge in [0.25, 0.3) is 6.71 Å². The van der Waals surface area contributed by atoms with Crippen molar-refractivity contribution < 1.29 is 0 Å². The third-order valence-electron chi connectivity index (χ3n) is 15.8. The number of para-hydroxylation sites is 2. The lowest BCUT2D eigenvalue weighted by atomic mass is 9.36. The van der Waals surface area contributed by atoms with Gasteiger partial charge in [-0.05, 0) is 131 Å². The summed E-state index contributed by atoms with van der Waals surface area (Å²) in [6.07, 6.45) is 0. The van der Waals surface area contributed by atoms with Crippen molar-refractivity contribution >= 4 is 67.9 Å². The average molecular weight is 915 g/mol. The second-order valence-corrected chi connectivity index (χ2v) is 22.0. The van der Waals surface area contributed by atoms with Gasteiger partial charge in [0.05, 0.1) is 11.1 Å². The van der Waals surface area contributed by atoms with Crippen molar-refractivity contribution in [3.63, 3.8) is 0 Å². The fourth-order valence-electron chi connectivity index (χ4n) is 12.6. The van der Waals surface area contributed by atoms with Crippen LogP contribution in [0, 0.1) is 0 Å². The molecule has 10 aromatic rings. The molecule has 4 heteroatoms. The number of hydrogen-bond acceptors (Lipinski definition) is 3. The maximum Gasteiger partial charge on any atom is 0.264 e. The zero-order chi connectivity index (χ0) is 47.0. The number of nitrogens with zero attached hydrogens (tertiary/aromatic N) is 2. The molecule has 2 aliphatic carbocycles. The van der Waals surface area contributed by atoms with Crippen molar-refractivity contribution in [1.29, 1.82) is 0 Å². The summed E-state index contributed by atoms with van der Waals surface area (Å²) in [6, 6.07) is 80.6. The Labute approximate surface area is 416 Å². The van der Waals surface area contributed by atoms with Crippen molar-refractivity contribution in [2.45, 2.75) is 51.4 Å². The molecule has 2 nitrogen and oxygen atoms in total. The first-order chi connectivity index (χ1) is 34.2. The Morgan fingerprint density at radius 2 is 1.07 bits per heavy atom. The molecular formula is C66H51BN2S. The Morgan fingerprint density at radius 3 is 1.73 bits per heavy atom. The molecule has 1 spiro atoms. The molecule has 0 atom stereocenters. The third-order valence-corrected chi connectivity index (χ3v) is 17.2. The van der Waals surface area contributed by atoms with Gasteiger partial charge < -0.3 is 9.80 Å². The average Bonchev–Trinajstić information content (AvgIpc) is 4.03. The van der Waals surface area contributed by atoms with Gasteiger partial charge >= 0.3 is 0 Å². The monoisotopic (exact) mass is 914 g/mol. The third kappa shape index (κ3) is 5.69. The second kappa shape index (κ2) is 15.2. The molecule has 0 saturated heterocycles. The van der Waals surface area contributed by atoms with E-state index in [-0.39, 0.29) is 12.1 Å². The molecule has 0 radical (unpaired) electrons. The predicted molar refractivity (Wildman–Crippen MR) is 298 cm³/mol. The number of anilines is 6. The van der Waals surface area contributed by atoms with Crippen LogP contribution in [0.15, 0.2) is 212 Å². The lowest BCUT2D eigenvalue weighted by molar-refractivity contribution is 0.588. The highest BCUT2D eigenvalue weighted by atomic mass is 32.1. The summed E-state index contributed by atoms with van der Waals surface area (Å²) in [5.41, 5.74) is 26.7. The Kier molecular flexibility index (Phi) is 8.96. The van der Waals surface area contributed by atoms with Crippen LogP contribution < -0.4 is 25.5 Å². The number of benzene rings is 9. The summed E-state index contributed by atoms with van der Waals surface area (Å²) in [4.78, 5) is 6.60. The molecule has 0 fully saturated rings.